The highest BCUT2D eigenvalue weighted by atomic mass is 19.4. The first kappa shape index (κ1) is 13.0. The fourth-order valence-electron chi connectivity index (χ4n) is 2.24. The number of hydrogen-bond donors (Lipinski definition) is 1. The third kappa shape index (κ3) is 1.99. The van der Waals surface area contributed by atoms with Crippen LogP contribution in [0.25, 0.3) is 6.08 Å². The first-order valence-corrected chi connectivity index (χ1v) is 5.58. The summed E-state index contributed by atoms with van der Waals surface area (Å²) >= 11 is 0. The van der Waals surface area contributed by atoms with Gasteiger partial charge in [-0.3, -0.25) is 0 Å². The van der Waals surface area contributed by atoms with Crippen molar-refractivity contribution in [2.45, 2.75) is 25.1 Å². The molecular formula is C13H14F3NO. The van der Waals surface area contributed by atoms with E-state index in [1.54, 1.807) is 12.1 Å². The van der Waals surface area contributed by atoms with Gasteiger partial charge in [0.25, 0.3) is 0 Å². The van der Waals surface area contributed by atoms with Crippen LogP contribution in [0.2, 0.25) is 0 Å². The van der Waals surface area contributed by atoms with Gasteiger partial charge >= 0.3 is 6.18 Å². The summed E-state index contributed by atoms with van der Waals surface area (Å²) in [6.07, 6.45) is -1.41. The Labute approximate surface area is 103 Å². The van der Waals surface area contributed by atoms with Gasteiger partial charge < -0.3 is 10.5 Å². The van der Waals surface area contributed by atoms with E-state index in [9.17, 15) is 13.2 Å². The highest BCUT2D eigenvalue weighted by molar-refractivity contribution is 5.66. The van der Waals surface area contributed by atoms with Crippen LogP contribution in [0.15, 0.2) is 18.2 Å². The molecule has 0 fully saturated rings. The minimum Gasteiger partial charge on any atom is -0.496 e. The van der Waals surface area contributed by atoms with E-state index in [0.29, 0.717) is 5.56 Å². The molecule has 0 spiro atoms. The summed E-state index contributed by atoms with van der Waals surface area (Å²) in [4.78, 5) is 0. The average molecular weight is 257 g/mol. The summed E-state index contributed by atoms with van der Waals surface area (Å²) in [6.45, 7) is 1.82. The van der Waals surface area contributed by atoms with Gasteiger partial charge in [0.2, 0.25) is 0 Å². The predicted molar refractivity (Wildman–Crippen MR) is 63.4 cm³/mol. The number of ether oxygens (including phenoxy) is 1. The molecule has 5 heteroatoms. The SMILES string of the molecule is COc1ccc2c(c1C(F)(F)F)C=CC(N)C2C. The molecule has 2 unspecified atom stereocenters. The number of hydrogen-bond acceptors (Lipinski definition) is 2. The largest absolute Gasteiger partial charge is 0.496 e. The van der Waals surface area contributed by atoms with Crippen LogP contribution >= 0.6 is 0 Å². The molecule has 1 aromatic rings. The number of halogens is 3. The van der Waals surface area contributed by atoms with Gasteiger partial charge in [-0.05, 0) is 17.2 Å². The zero-order valence-corrected chi connectivity index (χ0v) is 10.1. The molecular weight excluding hydrogens is 243 g/mol. The Balaban J connectivity index is 2.70. The third-order valence-corrected chi connectivity index (χ3v) is 3.30. The fourth-order valence-corrected chi connectivity index (χ4v) is 2.24. The number of rotatable bonds is 1. The Morgan fingerprint density at radius 2 is 1.94 bits per heavy atom. The number of alkyl halides is 3. The van der Waals surface area contributed by atoms with E-state index in [0.717, 1.165) is 0 Å². The monoisotopic (exact) mass is 257 g/mol. The molecule has 1 aromatic carbocycles. The van der Waals surface area contributed by atoms with E-state index in [1.165, 1.54) is 19.3 Å². The van der Waals surface area contributed by atoms with Crippen molar-refractivity contribution in [3.63, 3.8) is 0 Å². The molecule has 0 saturated heterocycles. The maximum absolute atomic E-state index is 13.1. The van der Waals surface area contributed by atoms with Gasteiger partial charge in [-0.25, -0.2) is 0 Å². The molecule has 0 amide bonds. The van der Waals surface area contributed by atoms with Gasteiger partial charge in [0.1, 0.15) is 11.3 Å². The van der Waals surface area contributed by atoms with Gasteiger partial charge in [0.15, 0.2) is 0 Å². The normalized spacial score (nSPS) is 22.8. The first-order valence-electron chi connectivity index (χ1n) is 5.58. The van der Waals surface area contributed by atoms with Crippen molar-refractivity contribution in [2.24, 2.45) is 5.73 Å². The molecule has 2 rings (SSSR count). The summed E-state index contributed by atoms with van der Waals surface area (Å²) in [5, 5.41) is 0. The van der Waals surface area contributed by atoms with Gasteiger partial charge in [-0.15, -0.1) is 0 Å². The summed E-state index contributed by atoms with van der Waals surface area (Å²) < 4.78 is 44.1. The second kappa shape index (κ2) is 4.31. The molecule has 0 aliphatic heterocycles. The second-order valence-electron chi connectivity index (χ2n) is 4.37. The predicted octanol–water partition coefficient (Wildman–Crippen LogP) is 3.17. The lowest BCUT2D eigenvalue weighted by Crippen LogP contribution is -2.28. The zero-order valence-electron chi connectivity index (χ0n) is 10.1. The molecule has 0 bridgehead atoms. The van der Waals surface area contributed by atoms with Gasteiger partial charge in [-0.2, -0.15) is 13.2 Å². The molecule has 18 heavy (non-hydrogen) atoms. The lowest BCUT2D eigenvalue weighted by molar-refractivity contribution is -0.139. The van der Waals surface area contributed by atoms with Crippen molar-refractivity contribution in [1.29, 1.82) is 0 Å². The van der Waals surface area contributed by atoms with Crippen molar-refractivity contribution in [1.82, 2.24) is 0 Å². The van der Waals surface area contributed by atoms with Crippen molar-refractivity contribution < 1.29 is 17.9 Å². The molecule has 0 heterocycles. The molecule has 0 aromatic heterocycles. The van der Waals surface area contributed by atoms with Crippen LogP contribution < -0.4 is 10.5 Å². The minimum atomic E-state index is -4.44. The quantitative estimate of drug-likeness (QED) is 0.838. The van der Waals surface area contributed by atoms with E-state index in [1.807, 2.05) is 6.92 Å². The first-order chi connectivity index (χ1) is 8.36. The highest BCUT2D eigenvalue weighted by Gasteiger charge is 2.39. The number of benzene rings is 1. The van der Waals surface area contributed by atoms with Crippen molar-refractivity contribution in [3.8, 4) is 5.75 Å². The van der Waals surface area contributed by atoms with Crippen LogP contribution in [-0.2, 0) is 6.18 Å². The summed E-state index contributed by atoms with van der Waals surface area (Å²) in [5.41, 5.74) is 5.87. The van der Waals surface area contributed by atoms with Crippen LogP contribution in [0.5, 0.6) is 5.75 Å². The van der Waals surface area contributed by atoms with Gasteiger partial charge in [0, 0.05) is 12.0 Å². The maximum Gasteiger partial charge on any atom is 0.420 e. The van der Waals surface area contributed by atoms with Crippen LogP contribution in [0.4, 0.5) is 13.2 Å². The van der Waals surface area contributed by atoms with E-state index >= 15 is 0 Å². The lowest BCUT2D eigenvalue weighted by atomic mass is 9.83. The average Bonchev–Trinajstić information content (AvgIpc) is 2.31. The molecule has 1 aliphatic carbocycles. The minimum absolute atomic E-state index is 0.142. The summed E-state index contributed by atoms with van der Waals surface area (Å²) in [6, 6.07) is 2.74. The van der Waals surface area contributed by atoms with E-state index in [4.69, 9.17) is 10.5 Å². The Morgan fingerprint density at radius 1 is 1.28 bits per heavy atom. The topological polar surface area (TPSA) is 35.2 Å². The second-order valence-corrected chi connectivity index (χ2v) is 4.37. The molecule has 1 aliphatic rings. The molecule has 0 radical (unpaired) electrons. The number of fused-ring (bicyclic) bond motifs is 1. The molecule has 2 atom stereocenters. The third-order valence-electron chi connectivity index (χ3n) is 3.30. The van der Waals surface area contributed by atoms with E-state index < -0.39 is 11.7 Å². The Hall–Kier alpha value is -1.49. The van der Waals surface area contributed by atoms with Gasteiger partial charge in [-0.1, -0.05) is 25.1 Å². The van der Waals surface area contributed by atoms with Crippen LogP contribution in [0.3, 0.4) is 0 Å². The fraction of sp³-hybridized carbons (Fsp3) is 0.385. The van der Waals surface area contributed by atoms with E-state index in [-0.39, 0.29) is 23.3 Å². The standard InChI is InChI=1S/C13H14F3NO/c1-7-8-4-6-11(18-2)12(13(14,15)16)9(8)3-5-10(7)17/h3-7,10H,17H2,1-2H3. The van der Waals surface area contributed by atoms with Crippen LogP contribution in [0.1, 0.15) is 29.5 Å². The highest BCUT2D eigenvalue weighted by Crippen LogP contribution is 2.43. The Morgan fingerprint density at radius 3 is 2.50 bits per heavy atom. The lowest BCUT2D eigenvalue weighted by Gasteiger charge is -2.27. The smallest absolute Gasteiger partial charge is 0.420 e. The van der Waals surface area contributed by atoms with Crippen molar-refractivity contribution in [3.05, 3.63) is 34.9 Å². The van der Waals surface area contributed by atoms with Crippen LogP contribution in [-0.4, -0.2) is 13.2 Å². The number of methoxy groups -OCH3 is 1. The van der Waals surface area contributed by atoms with E-state index in [2.05, 4.69) is 0 Å². The summed E-state index contributed by atoms with van der Waals surface area (Å²) in [5.74, 6) is -0.300. The van der Waals surface area contributed by atoms with Crippen molar-refractivity contribution >= 4 is 6.08 Å². The van der Waals surface area contributed by atoms with Crippen LogP contribution in [0, 0.1) is 0 Å². The molecule has 0 saturated carbocycles. The molecule has 98 valence electrons. The summed E-state index contributed by atoms with van der Waals surface area (Å²) in [7, 11) is 1.23. The molecule has 2 N–H and O–H groups in total. The maximum atomic E-state index is 13.1. The zero-order chi connectivity index (χ0) is 13.5. The van der Waals surface area contributed by atoms with Crippen molar-refractivity contribution in [2.75, 3.05) is 7.11 Å². The van der Waals surface area contributed by atoms with Gasteiger partial charge in [0.05, 0.1) is 7.11 Å². The Kier molecular flexibility index (Phi) is 3.11. The Bertz CT molecular complexity index is 494. The molecule has 2 nitrogen and oxygen atoms in total. The number of nitrogens with two attached hydrogens (primary N) is 1.